The highest BCUT2D eigenvalue weighted by atomic mass is 16.1. The number of benzene rings is 2. The van der Waals surface area contributed by atoms with Crippen molar-refractivity contribution in [2.24, 2.45) is 11.8 Å². The smallest absolute Gasteiger partial charge is 0.179 e. The quantitative estimate of drug-likeness (QED) is 0.307. The minimum absolute atomic E-state index is 0.107. The molecular weight excluding hydrogens is 388 g/mol. The zero-order valence-electron chi connectivity index (χ0n) is 21.1. The van der Waals surface area contributed by atoms with E-state index in [9.17, 15) is 4.79 Å². The minimum Gasteiger partial charge on any atom is -0.290 e. The summed E-state index contributed by atoms with van der Waals surface area (Å²) in [4.78, 5) is 13.3. The molecule has 0 atom stereocenters. The van der Waals surface area contributed by atoms with E-state index in [1.807, 2.05) is 12.2 Å². The van der Waals surface area contributed by atoms with Gasteiger partial charge < -0.3 is 0 Å². The van der Waals surface area contributed by atoms with E-state index in [2.05, 4.69) is 90.1 Å². The van der Waals surface area contributed by atoms with Crippen molar-refractivity contribution in [1.82, 2.24) is 0 Å². The van der Waals surface area contributed by atoms with Gasteiger partial charge in [0.1, 0.15) is 0 Å². The lowest BCUT2D eigenvalue weighted by Gasteiger charge is -2.13. The van der Waals surface area contributed by atoms with Gasteiger partial charge >= 0.3 is 0 Å². The van der Waals surface area contributed by atoms with Gasteiger partial charge in [0.05, 0.1) is 0 Å². The Bertz CT molecular complexity index is 851. The van der Waals surface area contributed by atoms with Crippen LogP contribution in [0.25, 0.3) is 11.1 Å². The SMILES string of the molecule is Cc1ccccc1C(=CC(=O)C=C(CCCC(C)C)c1ccccc1C)CCCC(C)C. The highest BCUT2D eigenvalue weighted by Gasteiger charge is 2.11. The Morgan fingerprint density at radius 1 is 0.688 bits per heavy atom. The fourth-order valence-corrected chi connectivity index (χ4v) is 4.22. The molecule has 0 saturated heterocycles. The van der Waals surface area contributed by atoms with Gasteiger partial charge in [0.15, 0.2) is 5.78 Å². The standard InChI is InChI=1S/C31H42O/c1-23(2)13-11-17-27(30-19-9-7-15-25(30)5)21-29(32)22-28(18-12-14-24(3)4)31-20-10-8-16-26(31)6/h7-10,15-16,19-24H,11-14,17-18H2,1-6H3. The molecule has 0 heterocycles. The molecule has 0 spiro atoms. The zero-order valence-corrected chi connectivity index (χ0v) is 21.1. The van der Waals surface area contributed by atoms with Gasteiger partial charge in [-0.05, 0) is 96.9 Å². The van der Waals surface area contributed by atoms with Crippen molar-refractivity contribution >= 4 is 16.9 Å². The predicted molar refractivity (Wildman–Crippen MR) is 141 cm³/mol. The molecule has 2 rings (SSSR count). The average molecular weight is 431 g/mol. The topological polar surface area (TPSA) is 17.1 Å². The summed E-state index contributed by atoms with van der Waals surface area (Å²) < 4.78 is 0. The number of aryl methyl sites for hydroxylation is 2. The molecule has 0 aliphatic rings. The van der Waals surface area contributed by atoms with Crippen molar-refractivity contribution < 1.29 is 4.79 Å². The van der Waals surface area contributed by atoms with Crippen LogP contribution in [0.15, 0.2) is 60.7 Å². The molecule has 0 amide bonds. The maximum atomic E-state index is 13.3. The summed E-state index contributed by atoms with van der Waals surface area (Å²) in [5, 5.41) is 0. The number of hydrogen-bond acceptors (Lipinski definition) is 1. The van der Waals surface area contributed by atoms with Gasteiger partial charge in [-0.25, -0.2) is 0 Å². The van der Waals surface area contributed by atoms with Crippen molar-refractivity contribution in [3.05, 3.63) is 82.9 Å². The lowest BCUT2D eigenvalue weighted by atomic mass is 9.91. The van der Waals surface area contributed by atoms with Crippen LogP contribution in [0.5, 0.6) is 0 Å². The summed E-state index contributed by atoms with van der Waals surface area (Å²) in [6, 6.07) is 16.9. The van der Waals surface area contributed by atoms with E-state index < -0.39 is 0 Å². The molecule has 172 valence electrons. The van der Waals surface area contributed by atoms with Gasteiger partial charge in [-0.15, -0.1) is 0 Å². The molecular formula is C31H42O. The molecule has 0 aliphatic carbocycles. The Hall–Kier alpha value is -2.41. The van der Waals surface area contributed by atoms with Crippen LogP contribution in [0.2, 0.25) is 0 Å². The number of ketones is 1. The van der Waals surface area contributed by atoms with Crippen molar-refractivity contribution in [2.75, 3.05) is 0 Å². The Morgan fingerprint density at radius 2 is 1.06 bits per heavy atom. The highest BCUT2D eigenvalue weighted by molar-refractivity contribution is 6.08. The van der Waals surface area contributed by atoms with Gasteiger partial charge in [-0.3, -0.25) is 4.79 Å². The van der Waals surface area contributed by atoms with Crippen molar-refractivity contribution in [2.45, 2.75) is 80.1 Å². The largest absolute Gasteiger partial charge is 0.290 e. The average Bonchev–Trinajstić information content (AvgIpc) is 2.72. The maximum Gasteiger partial charge on any atom is 0.179 e. The highest BCUT2D eigenvalue weighted by Crippen LogP contribution is 2.28. The second kappa shape index (κ2) is 13.2. The molecule has 0 radical (unpaired) electrons. The second-order valence-corrected chi connectivity index (χ2v) is 9.94. The molecule has 1 nitrogen and oxygen atoms in total. The van der Waals surface area contributed by atoms with Crippen LogP contribution in [0.3, 0.4) is 0 Å². The van der Waals surface area contributed by atoms with Gasteiger partial charge in [0, 0.05) is 0 Å². The minimum atomic E-state index is 0.107. The monoisotopic (exact) mass is 430 g/mol. The third kappa shape index (κ3) is 8.61. The molecule has 0 saturated carbocycles. The lowest BCUT2D eigenvalue weighted by Crippen LogP contribution is -1.99. The Kier molecular flexibility index (Phi) is 10.7. The number of carbonyl (C=O) groups excluding carboxylic acids is 1. The number of allylic oxidation sites excluding steroid dienone is 4. The van der Waals surface area contributed by atoms with E-state index in [1.165, 1.54) is 35.1 Å². The van der Waals surface area contributed by atoms with Crippen LogP contribution in [0.1, 0.15) is 88.5 Å². The van der Waals surface area contributed by atoms with Gasteiger partial charge in [0.25, 0.3) is 0 Å². The first-order chi connectivity index (χ1) is 15.3. The lowest BCUT2D eigenvalue weighted by molar-refractivity contribution is -0.110. The van der Waals surface area contributed by atoms with Gasteiger partial charge in [-0.2, -0.15) is 0 Å². The third-order valence-electron chi connectivity index (χ3n) is 6.07. The normalized spacial score (nSPS) is 12.6. The molecule has 0 bridgehead atoms. The van der Waals surface area contributed by atoms with Crippen molar-refractivity contribution in [3.63, 3.8) is 0 Å². The Morgan fingerprint density at radius 3 is 1.41 bits per heavy atom. The molecule has 0 aromatic heterocycles. The van der Waals surface area contributed by atoms with Crippen LogP contribution in [0, 0.1) is 25.7 Å². The zero-order chi connectivity index (χ0) is 23.5. The maximum absolute atomic E-state index is 13.3. The summed E-state index contributed by atoms with van der Waals surface area (Å²) in [6.45, 7) is 13.3. The van der Waals surface area contributed by atoms with Crippen LogP contribution in [0.4, 0.5) is 0 Å². The van der Waals surface area contributed by atoms with Crippen LogP contribution in [-0.2, 0) is 4.79 Å². The van der Waals surface area contributed by atoms with Gasteiger partial charge in [0.2, 0.25) is 0 Å². The molecule has 2 aromatic rings. The van der Waals surface area contributed by atoms with Crippen molar-refractivity contribution in [3.8, 4) is 0 Å². The third-order valence-corrected chi connectivity index (χ3v) is 6.07. The van der Waals surface area contributed by atoms with E-state index in [-0.39, 0.29) is 5.78 Å². The molecule has 0 N–H and O–H groups in total. The fraction of sp³-hybridized carbons (Fsp3) is 0.452. The second-order valence-electron chi connectivity index (χ2n) is 9.94. The molecule has 0 unspecified atom stereocenters. The Balaban J connectivity index is 2.36. The molecule has 32 heavy (non-hydrogen) atoms. The fourth-order valence-electron chi connectivity index (χ4n) is 4.22. The molecule has 0 fully saturated rings. The van der Waals surface area contributed by atoms with E-state index in [0.29, 0.717) is 11.8 Å². The van der Waals surface area contributed by atoms with E-state index >= 15 is 0 Å². The summed E-state index contributed by atoms with van der Waals surface area (Å²) in [5.41, 5.74) is 7.20. The summed E-state index contributed by atoms with van der Waals surface area (Å²) in [5.74, 6) is 1.46. The Labute approximate surface area is 196 Å². The van der Waals surface area contributed by atoms with Gasteiger partial charge in [-0.1, -0.05) is 89.1 Å². The van der Waals surface area contributed by atoms with Crippen molar-refractivity contribution in [1.29, 1.82) is 0 Å². The van der Waals surface area contributed by atoms with Crippen LogP contribution in [-0.4, -0.2) is 5.78 Å². The first-order valence-corrected chi connectivity index (χ1v) is 12.3. The first-order valence-electron chi connectivity index (χ1n) is 12.3. The summed E-state index contributed by atoms with van der Waals surface area (Å²) >= 11 is 0. The summed E-state index contributed by atoms with van der Waals surface area (Å²) in [7, 11) is 0. The van der Waals surface area contributed by atoms with E-state index in [1.54, 1.807) is 0 Å². The molecule has 2 aromatic carbocycles. The van der Waals surface area contributed by atoms with Crippen LogP contribution < -0.4 is 0 Å². The number of rotatable bonds is 12. The number of carbonyl (C=O) groups is 1. The number of hydrogen-bond donors (Lipinski definition) is 0. The first kappa shape index (κ1) is 25.8. The molecule has 1 heteroatoms. The van der Waals surface area contributed by atoms with E-state index in [0.717, 1.165) is 36.8 Å². The predicted octanol–water partition coefficient (Wildman–Crippen LogP) is 8.99. The summed E-state index contributed by atoms with van der Waals surface area (Å²) in [6.07, 6.45) is 10.2. The molecule has 0 aliphatic heterocycles. The van der Waals surface area contributed by atoms with Crippen LogP contribution >= 0.6 is 0 Å². The van der Waals surface area contributed by atoms with E-state index in [4.69, 9.17) is 0 Å².